The number of hydrogen-bond acceptors (Lipinski definition) is 3. The SMILES string of the molecule is CC(CF)OP(O)O. The van der Waals surface area contributed by atoms with Gasteiger partial charge in [0.15, 0.2) is 0 Å². The lowest BCUT2D eigenvalue weighted by atomic mass is 10.5. The van der Waals surface area contributed by atoms with Crippen LogP contribution in [0.5, 0.6) is 0 Å². The van der Waals surface area contributed by atoms with E-state index in [1.165, 1.54) is 6.92 Å². The Morgan fingerprint density at radius 3 is 2.38 bits per heavy atom. The average Bonchev–Trinajstić information content (AvgIpc) is 1.65. The third kappa shape index (κ3) is 4.40. The summed E-state index contributed by atoms with van der Waals surface area (Å²) in [5.74, 6) is 0. The van der Waals surface area contributed by atoms with E-state index in [9.17, 15) is 4.39 Å². The van der Waals surface area contributed by atoms with Gasteiger partial charge in [0.25, 0.3) is 0 Å². The van der Waals surface area contributed by atoms with Crippen LogP contribution in [-0.2, 0) is 4.52 Å². The molecule has 0 aliphatic rings. The van der Waals surface area contributed by atoms with Crippen LogP contribution in [0.1, 0.15) is 6.92 Å². The highest BCUT2D eigenvalue weighted by Gasteiger charge is 2.06. The van der Waals surface area contributed by atoms with Crippen LogP contribution in [0, 0.1) is 0 Å². The van der Waals surface area contributed by atoms with E-state index in [2.05, 4.69) is 4.52 Å². The summed E-state index contributed by atoms with van der Waals surface area (Å²) in [6.07, 6.45) is -0.712. The zero-order valence-corrected chi connectivity index (χ0v) is 5.31. The van der Waals surface area contributed by atoms with Gasteiger partial charge in [-0.3, -0.25) is 0 Å². The van der Waals surface area contributed by atoms with Gasteiger partial charge in [-0.05, 0) is 6.92 Å². The fourth-order valence-corrected chi connectivity index (χ4v) is 0.567. The first-order chi connectivity index (χ1) is 3.66. The standard InChI is InChI=1S/C3H8FO3P/c1-3(2-4)7-8(5)6/h3,5-6H,2H2,1H3. The van der Waals surface area contributed by atoms with Gasteiger partial charge in [0.1, 0.15) is 6.67 Å². The highest BCUT2D eigenvalue weighted by atomic mass is 31.2. The van der Waals surface area contributed by atoms with Crippen molar-refractivity contribution in [3.05, 3.63) is 0 Å². The molecule has 0 saturated carbocycles. The molecule has 1 atom stereocenters. The van der Waals surface area contributed by atoms with Gasteiger partial charge in [0, 0.05) is 0 Å². The van der Waals surface area contributed by atoms with E-state index < -0.39 is 21.4 Å². The second-order valence-corrected chi connectivity index (χ2v) is 2.04. The van der Waals surface area contributed by atoms with Crippen molar-refractivity contribution in [2.75, 3.05) is 6.67 Å². The van der Waals surface area contributed by atoms with Crippen molar-refractivity contribution < 1.29 is 18.7 Å². The summed E-state index contributed by atoms with van der Waals surface area (Å²) in [6.45, 7) is 0.724. The molecule has 8 heavy (non-hydrogen) atoms. The van der Waals surface area contributed by atoms with Gasteiger partial charge in [0.05, 0.1) is 6.10 Å². The van der Waals surface area contributed by atoms with Gasteiger partial charge < -0.3 is 14.3 Å². The molecule has 0 amide bonds. The van der Waals surface area contributed by atoms with E-state index in [1.54, 1.807) is 0 Å². The average molecular weight is 142 g/mol. The highest BCUT2D eigenvalue weighted by Crippen LogP contribution is 2.26. The maximum Gasteiger partial charge on any atom is 0.327 e. The number of halogens is 1. The fourth-order valence-electron chi connectivity index (χ4n) is 0.189. The van der Waals surface area contributed by atoms with Gasteiger partial charge in [-0.15, -0.1) is 0 Å². The largest absolute Gasteiger partial charge is 0.328 e. The summed E-state index contributed by atoms with van der Waals surface area (Å²) in [6, 6.07) is 0. The first kappa shape index (κ1) is 8.24. The number of hydrogen-bond donors (Lipinski definition) is 2. The lowest BCUT2D eigenvalue weighted by Gasteiger charge is -2.06. The molecule has 0 aliphatic carbocycles. The van der Waals surface area contributed by atoms with E-state index in [-0.39, 0.29) is 0 Å². The first-order valence-electron chi connectivity index (χ1n) is 2.07. The second kappa shape index (κ2) is 4.15. The topological polar surface area (TPSA) is 49.7 Å². The Hall–Kier alpha value is 0.240. The molecule has 0 radical (unpaired) electrons. The van der Waals surface area contributed by atoms with Crippen LogP contribution in [0.25, 0.3) is 0 Å². The maximum atomic E-state index is 11.4. The van der Waals surface area contributed by atoms with Gasteiger partial charge in [-0.2, -0.15) is 0 Å². The van der Waals surface area contributed by atoms with Crippen LogP contribution >= 0.6 is 8.60 Å². The van der Waals surface area contributed by atoms with Crippen LogP contribution < -0.4 is 0 Å². The van der Waals surface area contributed by atoms with Crippen molar-refractivity contribution in [1.29, 1.82) is 0 Å². The molecule has 3 nitrogen and oxygen atoms in total. The molecule has 0 fully saturated rings. The molecule has 0 aliphatic heterocycles. The lowest BCUT2D eigenvalue weighted by Crippen LogP contribution is -2.05. The van der Waals surface area contributed by atoms with Gasteiger partial charge in [-0.25, -0.2) is 4.39 Å². The molecule has 0 aromatic rings. The molecule has 0 aromatic carbocycles. The van der Waals surface area contributed by atoms with Crippen LogP contribution in [0.4, 0.5) is 4.39 Å². The Morgan fingerprint density at radius 1 is 1.75 bits per heavy atom. The summed E-state index contributed by atoms with van der Waals surface area (Å²) in [5, 5.41) is 0. The third-order valence-corrected chi connectivity index (χ3v) is 1.04. The van der Waals surface area contributed by atoms with Crippen molar-refractivity contribution in [2.45, 2.75) is 13.0 Å². The fraction of sp³-hybridized carbons (Fsp3) is 1.00. The monoisotopic (exact) mass is 142 g/mol. The molecular weight excluding hydrogens is 134 g/mol. The summed E-state index contributed by atoms with van der Waals surface area (Å²) in [4.78, 5) is 16.2. The van der Waals surface area contributed by atoms with E-state index in [1.807, 2.05) is 0 Å². The van der Waals surface area contributed by atoms with Crippen molar-refractivity contribution >= 4 is 8.60 Å². The Morgan fingerprint density at radius 2 is 2.25 bits per heavy atom. The minimum Gasteiger partial charge on any atom is -0.328 e. The van der Waals surface area contributed by atoms with Crippen LogP contribution in [-0.4, -0.2) is 22.6 Å². The van der Waals surface area contributed by atoms with E-state index in [4.69, 9.17) is 9.79 Å². The molecule has 0 saturated heterocycles. The molecule has 0 bridgehead atoms. The molecule has 0 aromatic heterocycles. The third-order valence-electron chi connectivity index (χ3n) is 0.492. The van der Waals surface area contributed by atoms with Crippen molar-refractivity contribution in [3.63, 3.8) is 0 Å². The Labute approximate surface area is 48.1 Å². The molecular formula is C3H8FO3P. The van der Waals surface area contributed by atoms with Crippen molar-refractivity contribution in [3.8, 4) is 0 Å². The van der Waals surface area contributed by atoms with Gasteiger partial charge in [0.2, 0.25) is 0 Å². The van der Waals surface area contributed by atoms with E-state index >= 15 is 0 Å². The molecule has 0 spiro atoms. The van der Waals surface area contributed by atoms with Crippen molar-refractivity contribution in [1.82, 2.24) is 0 Å². The normalized spacial score (nSPS) is 14.6. The Balaban J connectivity index is 3.10. The Kier molecular flexibility index (Phi) is 4.28. The van der Waals surface area contributed by atoms with Crippen molar-refractivity contribution in [2.24, 2.45) is 0 Å². The molecule has 2 N–H and O–H groups in total. The summed E-state index contributed by atoms with van der Waals surface area (Å²) in [5.41, 5.74) is 0. The molecule has 0 rings (SSSR count). The number of rotatable bonds is 3. The van der Waals surface area contributed by atoms with Crippen LogP contribution in [0.15, 0.2) is 0 Å². The van der Waals surface area contributed by atoms with Crippen LogP contribution in [0.2, 0.25) is 0 Å². The summed E-state index contributed by atoms with van der Waals surface area (Å²) < 4.78 is 15.6. The summed E-state index contributed by atoms with van der Waals surface area (Å²) in [7, 11) is -2.39. The van der Waals surface area contributed by atoms with Crippen LogP contribution in [0.3, 0.4) is 0 Å². The second-order valence-electron chi connectivity index (χ2n) is 1.32. The minimum absolute atomic E-state index is 0.694. The predicted octanol–water partition coefficient (Wildman–Crippen LogP) is 0.572. The number of alkyl halides is 1. The highest BCUT2D eigenvalue weighted by molar-refractivity contribution is 7.39. The van der Waals surface area contributed by atoms with E-state index in [0.29, 0.717) is 0 Å². The molecule has 50 valence electrons. The minimum atomic E-state index is -2.39. The van der Waals surface area contributed by atoms with Gasteiger partial charge >= 0.3 is 8.60 Å². The zero-order valence-electron chi connectivity index (χ0n) is 4.41. The molecule has 1 unspecified atom stereocenters. The van der Waals surface area contributed by atoms with E-state index in [0.717, 1.165) is 0 Å². The first-order valence-corrected chi connectivity index (χ1v) is 3.24. The zero-order chi connectivity index (χ0) is 6.57. The lowest BCUT2D eigenvalue weighted by molar-refractivity contribution is 0.156. The summed E-state index contributed by atoms with van der Waals surface area (Å²) >= 11 is 0. The smallest absolute Gasteiger partial charge is 0.327 e. The maximum absolute atomic E-state index is 11.4. The molecule has 5 heteroatoms. The molecule has 0 heterocycles. The van der Waals surface area contributed by atoms with Gasteiger partial charge in [-0.1, -0.05) is 0 Å². The predicted molar refractivity (Wildman–Crippen MR) is 27.9 cm³/mol. The Bertz CT molecular complexity index is 60.5. The quantitative estimate of drug-likeness (QED) is 0.566.